The fraction of sp³-hybridized carbons (Fsp3) is 0.462. The van der Waals surface area contributed by atoms with Gasteiger partial charge in [0.05, 0.1) is 27.2 Å². The van der Waals surface area contributed by atoms with Crippen LogP contribution >= 0.6 is 0 Å². The lowest BCUT2D eigenvalue weighted by Crippen LogP contribution is -2.10. The van der Waals surface area contributed by atoms with Gasteiger partial charge in [-0.25, -0.2) is 8.78 Å². The Hall–Kier alpha value is -1.28. The van der Waals surface area contributed by atoms with Crippen LogP contribution in [0.15, 0.2) is 23.1 Å². The molecule has 0 aliphatic carbocycles. The van der Waals surface area contributed by atoms with Gasteiger partial charge >= 0.3 is 0 Å². The van der Waals surface area contributed by atoms with Crippen molar-refractivity contribution in [2.24, 2.45) is 5.41 Å². The van der Waals surface area contributed by atoms with Crippen LogP contribution in [0.2, 0.25) is 0 Å². The van der Waals surface area contributed by atoms with E-state index in [9.17, 15) is 13.0 Å². The third-order valence-electron chi connectivity index (χ3n) is 2.57. The molecule has 0 fully saturated rings. The predicted octanol–water partition coefficient (Wildman–Crippen LogP) is 3.40. The highest BCUT2D eigenvalue weighted by Crippen LogP contribution is 2.22. The number of nitriles is 1. The van der Waals surface area contributed by atoms with Gasteiger partial charge in [-0.15, -0.1) is 0 Å². The molecule has 0 aliphatic rings. The van der Waals surface area contributed by atoms with Crippen LogP contribution in [0.4, 0.5) is 8.78 Å². The third kappa shape index (κ3) is 4.19. The summed E-state index contributed by atoms with van der Waals surface area (Å²) in [5.74, 6) is -1.03. The van der Waals surface area contributed by atoms with E-state index >= 15 is 0 Å². The van der Waals surface area contributed by atoms with E-state index in [1.807, 2.05) is 0 Å². The van der Waals surface area contributed by atoms with Crippen LogP contribution in [0.25, 0.3) is 0 Å². The Morgan fingerprint density at radius 2 is 2.06 bits per heavy atom. The number of halogens is 2. The number of hydrogen-bond donors (Lipinski definition) is 0. The third-order valence-corrected chi connectivity index (χ3v) is 4.04. The standard InChI is InChI=1S/C13H15F2NOS/c1-13(2,9-16)6-3-7-18(17)12-8-10(14)4-5-11(12)15/h4-5,8H,3,6-7H2,1-2H3. The summed E-state index contributed by atoms with van der Waals surface area (Å²) in [5, 5.41) is 8.82. The molecule has 5 heteroatoms. The molecule has 0 radical (unpaired) electrons. The lowest BCUT2D eigenvalue weighted by atomic mass is 9.90. The predicted molar refractivity (Wildman–Crippen MR) is 66.3 cm³/mol. The van der Waals surface area contributed by atoms with E-state index in [4.69, 9.17) is 5.26 Å². The van der Waals surface area contributed by atoms with Gasteiger partial charge in [-0.05, 0) is 44.9 Å². The van der Waals surface area contributed by atoms with Gasteiger partial charge in [0.2, 0.25) is 0 Å². The molecule has 0 saturated heterocycles. The quantitative estimate of drug-likeness (QED) is 0.823. The molecule has 0 saturated carbocycles. The molecule has 1 aromatic rings. The number of benzene rings is 1. The first-order valence-electron chi connectivity index (χ1n) is 5.60. The lowest BCUT2D eigenvalue weighted by molar-refractivity contribution is 0.446. The Labute approximate surface area is 108 Å². The van der Waals surface area contributed by atoms with Crippen molar-refractivity contribution in [3.8, 4) is 6.07 Å². The molecule has 0 bridgehead atoms. The SMILES string of the molecule is CC(C)(C#N)CCCS(=O)c1cc(F)ccc1F. The van der Waals surface area contributed by atoms with Gasteiger partial charge in [0, 0.05) is 5.75 Å². The summed E-state index contributed by atoms with van der Waals surface area (Å²) < 4.78 is 38.1. The fourth-order valence-electron chi connectivity index (χ4n) is 1.46. The maximum absolute atomic E-state index is 13.3. The van der Waals surface area contributed by atoms with Gasteiger partial charge in [-0.1, -0.05) is 0 Å². The van der Waals surface area contributed by atoms with Gasteiger partial charge in [-0.2, -0.15) is 5.26 Å². The fourth-order valence-corrected chi connectivity index (χ4v) is 2.62. The molecular weight excluding hydrogens is 256 g/mol. The molecule has 1 unspecified atom stereocenters. The minimum atomic E-state index is -1.57. The zero-order valence-electron chi connectivity index (χ0n) is 10.4. The van der Waals surface area contributed by atoms with Crippen LogP contribution in [0.5, 0.6) is 0 Å². The van der Waals surface area contributed by atoms with E-state index in [1.165, 1.54) is 0 Å². The van der Waals surface area contributed by atoms with Gasteiger partial charge in [0.1, 0.15) is 11.6 Å². The number of rotatable bonds is 5. The maximum Gasteiger partial charge on any atom is 0.139 e. The Bertz CT molecular complexity index is 494. The average Bonchev–Trinajstić information content (AvgIpc) is 2.32. The van der Waals surface area contributed by atoms with Crippen LogP contribution in [-0.4, -0.2) is 9.96 Å². The Morgan fingerprint density at radius 1 is 1.39 bits per heavy atom. The normalized spacial score (nSPS) is 13.1. The van der Waals surface area contributed by atoms with E-state index in [1.54, 1.807) is 13.8 Å². The van der Waals surface area contributed by atoms with Crippen molar-refractivity contribution in [3.05, 3.63) is 29.8 Å². The summed E-state index contributed by atoms with van der Waals surface area (Å²) in [4.78, 5) is -0.107. The summed E-state index contributed by atoms with van der Waals surface area (Å²) in [6.45, 7) is 3.58. The molecule has 0 aromatic heterocycles. The van der Waals surface area contributed by atoms with E-state index in [2.05, 4.69) is 6.07 Å². The van der Waals surface area contributed by atoms with Gasteiger partial charge < -0.3 is 0 Å². The van der Waals surface area contributed by atoms with E-state index in [0.717, 1.165) is 18.2 Å². The topological polar surface area (TPSA) is 40.9 Å². The molecule has 2 nitrogen and oxygen atoms in total. The molecule has 0 spiro atoms. The number of nitrogens with zero attached hydrogens (tertiary/aromatic N) is 1. The smallest absolute Gasteiger partial charge is 0.139 e. The molecule has 1 rings (SSSR count). The van der Waals surface area contributed by atoms with Crippen molar-refractivity contribution in [2.45, 2.75) is 31.6 Å². The molecule has 0 aliphatic heterocycles. The van der Waals surface area contributed by atoms with Crippen LogP contribution in [0.3, 0.4) is 0 Å². The summed E-state index contributed by atoms with van der Waals surface area (Å²) in [7, 11) is -1.57. The van der Waals surface area contributed by atoms with Crippen molar-refractivity contribution in [3.63, 3.8) is 0 Å². The Balaban J connectivity index is 2.62. The highest BCUT2D eigenvalue weighted by molar-refractivity contribution is 7.85. The first-order chi connectivity index (χ1) is 8.35. The minimum absolute atomic E-state index is 0.107. The van der Waals surface area contributed by atoms with Gasteiger partial charge in [-0.3, -0.25) is 4.21 Å². The van der Waals surface area contributed by atoms with E-state index in [0.29, 0.717) is 12.8 Å². The largest absolute Gasteiger partial charge is 0.254 e. The van der Waals surface area contributed by atoms with E-state index in [-0.39, 0.29) is 10.6 Å². The molecule has 98 valence electrons. The van der Waals surface area contributed by atoms with Crippen molar-refractivity contribution < 1.29 is 13.0 Å². The van der Waals surface area contributed by atoms with Crippen LogP contribution in [-0.2, 0) is 10.8 Å². The second kappa shape index (κ2) is 6.05. The zero-order valence-corrected chi connectivity index (χ0v) is 11.2. The first-order valence-corrected chi connectivity index (χ1v) is 6.92. The second-order valence-corrected chi connectivity index (χ2v) is 6.26. The average molecular weight is 271 g/mol. The summed E-state index contributed by atoms with van der Waals surface area (Å²) in [6.07, 6.45) is 1.11. The molecule has 0 N–H and O–H groups in total. The highest BCUT2D eigenvalue weighted by Gasteiger charge is 2.17. The number of hydrogen-bond acceptors (Lipinski definition) is 2. The summed E-state index contributed by atoms with van der Waals surface area (Å²) >= 11 is 0. The molecule has 18 heavy (non-hydrogen) atoms. The van der Waals surface area contributed by atoms with Crippen molar-refractivity contribution in [2.75, 3.05) is 5.75 Å². The minimum Gasteiger partial charge on any atom is -0.254 e. The first kappa shape index (κ1) is 14.8. The van der Waals surface area contributed by atoms with Crippen molar-refractivity contribution in [1.29, 1.82) is 5.26 Å². The zero-order chi connectivity index (χ0) is 13.8. The summed E-state index contributed by atoms with van der Waals surface area (Å²) in [6, 6.07) is 5.07. The lowest BCUT2D eigenvalue weighted by Gasteiger charge is -2.14. The van der Waals surface area contributed by atoms with Crippen LogP contribution < -0.4 is 0 Å². The molecule has 0 amide bonds. The van der Waals surface area contributed by atoms with Gasteiger partial charge in [0.15, 0.2) is 0 Å². The maximum atomic E-state index is 13.3. The monoisotopic (exact) mass is 271 g/mol. The molecule has 1 aromatic carbocycles. The van der Waals surface area contributed by atoms with E-state index < -0.39 is 27.8 Å². The van der Waals surface area contributed by atoms with Crippen molar-refractivity contribution >= 4 is 10.8 Å². The summed E-state index contributed by atoms with van der Waals surface area (Å²) in [5.41, 5.74) is -0.481. The molecule has 0 heterocycles. The van der Waals surface area contributed by atoms with Crippen molar-refractivity contribution in [1.82, 2.24) is 0 Å². The van der Waals surface area contributed by atoms with Gasteiger partial charge in [0.25, 0.3) is 0 Å². The molecular formula is C13H15F2NOS. The molecule has 1 atom stereocenters. The Kier molecular flexibility index (Phi) is 4.97. The second-order valence-electron chi connectivity index (χ2n) is 4.72. The van der Waals surface area contributed by atoms with Crippen LogP contribution in [0, 0.1) is 28.4 Å². The van der Waals surface area contributed by atoms with Crippen LogP contribution in [0.1, 0.15) is 26.7 Å². The highest BCUT2D eigenvalue weighted by atomic mass is 32.2. The Morgan fingerprint density at radius 3 is 2.67 bits per heavy atom.